The molecule has 1 aromatic heterocycles. The quantitative estimate of drug-likeness (QED) is 0.362. The van der Waals surface area contributed by atoms with Crippen molar-refractivity contribution in [3.8, 4) is 6.07 Å². The maximum atomic E-state index is 8.79. The van der Waals surface area contributed by atoms with E-state index < -0.39 is 0 Å². The lowest BCUT2D eigenvalue weighted by atomic mass is 10.1. The Kier molecular flexibility index (Phi) is 11.2. The average Bonchev–Trinajstić information content (AvgIpc) is 2.75. The van der Waals surface area contributed by atoms with Crippen molar-refractivity contribution in [1.82, 2.24) is 4.98 Å². The summed E-state index contributed by atoms with van der Waals surface area (Å²) >= 11 is 0. The Morgan fingerprint density at radius 2 is 1.50 bits per heavy atom. The third kappa shape index (κ3) is 9.92. The Balaban J connectivity index is 1.34. The molecule has 0 aliphatic carbocycles. The van der Waals surface area contributed by atoms with Crippen LogP contribution < -0.4 is 5.32 Å². The first-order valence-corrected chi connectivity index (χ1v) is 10.7. The molecule has 3 nitrogen and oxygen atoms in total. The molecule has 0 aliphatic rings. The third-order valence-corrected chi connectivity index (χ3v) is 4.87. The Hall–Kier alpha value is -2.60. The van der Waals surface area contributed by atoms with Crippen molar-refractivity contribution in [2.75, 3.05) is 11.9 Å². The summed E-state index contributed by atoms with van der Waals surface area (Å²) in [5.41, 5.74) is 2.87. The molecule has 2 aromatic rings. The SMILES string of the molecule is N#Cc1ccc(NCCCCCCCCCCCC=Cc2ccccn2)cc1. The zero-order valence-corrected chi connectivity index (χ0v) is 16.9. The summed E-state index contributed by atoms with van der Waals surface area (Å²) in [6.07, 6.45) is 19.3. The van der Waals surface area contributed by atoms with Crippen LogP contribution in [0.3, 0.4) is 0 Å². The largest absolute Gasteiger partial charge is 0.385 e. The van der Waals surface area contributed by atoms with Gasteiger partial charge in [-0.05, 0) is 61.7 Å². The van der Waals surface area contributed by atoms with Gasteiger partial charge in [0, 0.05) is 18.4 Å². The van der Waals surface area contributed by atoms with E-state index >= 15 is 0 Å². The highest BCUT2D eigenvalue weighted by Gasteiger charge is 1.95. The molecule has 1 N–H and O–H groups in total. The fourth-order valence-electron chi connectivity index (χ4n) is 3.20. The first-order valence-electron chi connectivity index (χ1n) is 10.7. The van der Waals surface area contributed by atoms with Crippen molar-refractivity contribution in [2.24, 2.45) is 0 Å². The zero-order chi connectivity index (χ0) is 19.7. The molecule has 0 spiro atoms. The predicted molar refractivity (Wildman–Crippen MR) is 119 cm³/mol. The van der Waals surface area contributed by atoms with Gasteiger partial charge in [-0.3, -0.25) is 4.98 Å². The number of nitrogens with zero attached hydrogens (tertiary/aromatic N) is 2. The highest BCUT2D eigenvalue weighted by molar-refractivity contribution is 5.47. The second-order valence-electron chi connectivity index (χ2n) is 7.24. The van der Waals surface area contributed by atoms with Gasteiger partial charge in [0.15, 0.2) is 0 Å². The number of unbranched alkanes of at least 4 members (excludes halogenated alkanes) is 9. The number of anilines is 1. The van der Waals surface area contributed by atoms with Crippen molar-refractivity contribution in [2.45, 2.75) is 64.2 Å². The van der Waals surface area contributed by atoms with E-state index in [-0.39, 0.29) is 0 Å². The number of pyridine rings is 1. The van der Waals surface area contributed by atoms with Gasteiger partial charge in [-0.1, -0.05) is 57.1 Å². The minimum atomic E-state index is 0.714. The molecule has 1 aromatic carbocycles. The standard InChI is InChI=1S/C25H33N3/c26-22-23-16-18-25(19-17-23)28-20-12-9-7-5-3-1-2-4-6-8-10-14-24-15-11-13-21-27-24/h10-11,13-19,21,28H,1-9,12,20H2. The number of benzene rings is 1. The molecule has 0 saturated heterocycles. The molecule has 0 aliphatic heterocycles. The molecule has 0 bridgehead atoms. The molecule has 1 heterocycles. The fraction of sp³-hybridized carbons (Fsp3) is 0.440. The molecule has 148 valence electrons. The van der Waals surface area contributed by atoms with Crippen LogP contribution in [0, 0.1) is 11.3 Å². The third-order valence-electron chi connectivity index (χ3n) is 4.87. The number of hydrogen-bond acceptors (Lipinski definition) is 3. The van der Waals surface area contributed by atoms with Crippen LogP contribution in [0.4, 0.5) is 5.69 Å². The molecule has 0 atom stereocenters. The Labute approximate surface area is 170 Å². The molecular weight excluding hydrogens is 342 g/mol. The van der Waals surface area contributed by atoms with Crippen LogP contribution in [0.5, 0.6) is 0 Å². The van der Waals surface area contributed by atoms with Gasteiger partial charge in [-0.25, -0.2) is 0 Å². The fourth-order valence-corrected chi connectivity index (χ4v) is 3.20. The van der Waals surface area contributed by atoms with Crippen LogP contribution in [-0.2, 0) is 0 Å². The molecule has 0 fully saturated rings. The number of allylic oxidation sites excluding steroid dienone is 1. The number of nitriles is 1. The van der Waals surface area contributed by atoms with E-state index in [1.54, 1.807) is 0 Å². The van der Waals surface area contributed by atoms with Crippen LogP contribution in [0.2, 0.25) is 0 Å². The highest BCUT2D eigenvalue weighted by Crippen LogP contribution is 2.12. The Morgan fingerprint density at radius 1 is 0.821 bits per heavy atom. The monoisotopic (exact) mass is 375 g/mol. The molecule has 2 rings (SSSR count). The minimum Gasteiger partial charge on any atom is -0.385 e. The number of hydrogen-bond donors (Lipinski definition) is 1. The number of aromatic nitrogens is 1. The minimum absolute atomic E-state index is 0.714. The summed E-state index contributed by atoms with van der Waals surface area (Å²) in [7, 11) is 0. The van der Waals surface area contributed by atoms with Crippen LogP contribution in [-0.4, -0.2) is 11.5 Å². The van der Waals surface area contributed by atoms with E-state index in [1.165, 1.54) is 57.8 Å². The van der Waals surface area contributed by atoms with Gasteiger partial charge in [0.25, 0.3) is 0 Å². The molecule has 0 saturated carbocycles. The molecule has 0 radical (unpaired) electrons. The van der Waals surface area contributed by atoms with Crippen LogP contribution in [0.25, 0.3) is 6.08 Å². The summed E-state index contributed by atoms with van der Waals surface area (Å²) in [5.74, 6) is 0. The summed E-state index contributed by atoms with van der Waals surface area (Å²) < 4.78 is 0. The second-order valence-corrected chi connectivity index (χ2v) is 7.24. The van der Waals surface area contributed by atoms with E-state index in [0.29, 0.717) is 5.56 Å². The average molecular weight is 376 g/mol. The molecule has 0 unspecified atom stereocenters. The predicted octanol–water partition coefficient (Wildman–Crippen LogP) is 6.98. The van der Waals surface area contributed by atoms with Crippen LogP contribution in [0.15, 0.2) is 54.7 Å². The maximum Gasteiger partial charge on any atom is 0.0991 e. The summed E-state index contributed by atoms with van der Waals surface area (Å²) in [4.78, 5) is 4.29. The van der Waals surface area contributed by atoms with E-state index in [1.807, 2.05) is 48.7 Å². The zero-order valence-electron chi connectivity index (χ0n) is 16.9. The van der Waals surface area contributed by atoms with Crippen LogP contribution >= 0.6 is 0 Å². The molecule has 28 heavy (non-hydrogen) atoms. The lowest BCUT2D eigenvalue weighted by molar-refractivity contribution is 0.564. The lowest BCUT2D eigenvalue weighted by Crippen LogP contribution is -2.01. The Morgan fingerprint density at radius 3 is 2.14 bits per heavy atom. The van der Waals surface area contributed by atoms with Gasteiger partial charge in [-0.2, -0.15) is 5.26 Å². The first kappa shape index (κ1) is 21.7. The van der Waals surface area contributed by atoms with E-state index in [9.17, 15) is 0 Å². The molecular formula is C25H33N3. The van der Waals surface area contributed by atoms with Crippen molar-refractivity contribution in [1.29, 1.82) is 5.26 Å². The van der Waals surface area contributed by atoms with Gasteiger partial charge in [-0.15, -0.1) is 0 Å². The van der Waals surface area contributed by atoms with Crippen molar-refractivity contribution < 1.29 is 0 Å². The van der Waals surface area contributed by atoms with Gasteiger partial charge in [0.1, 0.15) is 0 Å². The van der Waals surface area contributed by atoms with Gasteiger partial charge in [0.2, 0.25) is 0 Å². The van der Waals surface area contributed by atoms with Crippen molar-refractivity contribution in [3.05, 3.63) is 66.0 Å². The normalized spacial score (nSPS) is 10.8. The molecule has 0 amide bonds. The first-order chi connectivity index (χ1) is 13.9. The van der Waals surface area contributed by atoms with Crippen molar-refractivity contribution >= 4 is 11.8 Å². The van der Waals surface area contributed by atoms with E-state index in [4.69, 9.17) is 5.26 Å². The van der Waals surface area contributed by atoms with Crippen molar-refractivity contribution in [3.63, 3.8) is 0 Å². The van der Waals surface area contributed by atoms with E-state index in [0.717, 1.165) is 24.3 Å². The highest BCUT2D eigenvalue weighted by atomic mass is 14.9. The summed E-state index contributed by atoms with van der Waals surface area (Å²) in [6, 6.07) is 15.8. The van der Waals surface area contributed by atoms with Gasteiger partial charge >= 0.3 is 0 Å². The lowest BCUT2D eigenvalue weighted by Gasteiger charge is -2.06. The maximum absolute atomic E-state index is 8.79. The number of rotatable bonds is 14. The summed E-state index contributed by atoms with van der Waals surface area (Å²) in [5, 5.41) is 12.2. The second kappa shape index (κ2) is 14.5. The number of nitrogens with one attached hydrogen (secondary N) is 1. The smallest absolute Gasteiger partial charge is 0.0991 e. The molecule has 3 heteroatoms. The summed E-state index contributed by atoms with van der Waals surface area (Å²) in [6.45, 7) is 1.01. The van der Waals surface area contributed by atoms with Gasteiger partial charge < -0.3 is 5.32 Å². The van der Waals surface area contributed by atoms with E-state index in [2.05, 4.69) is 28.5 Å². The van der Waals surface area contributed by atoms with Crippen LogP contribution in [0.1, 0.15) is 75.5 Å². The van der Waals surface area contributed by atoms with Gasteiger partial charge in [0.05, 0.1) is 17.3 Å². The Bertz CT molecular complexity index is 699. The topological polar surface area (TPSA) is 48.7 Å².